The van der Waals surface area contributed by atoms with Crippen LogP contribution in [-0.4, -0.2) is 193 Å². The van der Waals surface area contributed by atoms with Crippen molar-refractivity contribution >= 4 is 5.91 Å². The second kappa shape index (κ2) is 50.3. The number of allylic oxidation sites excluding steroid dienone is 23. The van der Waals surface area contributed by atoms with Crippen molar-refractivity contribution in [3.05, 3.63) is 146 Å². The number of carbonyl (C=O) groups excluding carboxylic acids is 1. The zero-order valence-electron chi connectivity index (χ0n) is 52.8. The number of ether oxygens (including phenoxy) is 6. The standard InChI is InChI=1S/C70H111NO18/c1-3-5-7-9-10-11-12-13-14-15-16-17-18-19-20-21-22-23-24-25-26-27-28-29-30-31-32-33-34-35-36-37-38-39-40-41-42-44-46-48-58(76)71-53(54(75)47-45-43-8-6-4-2)52-84-68-64(82)61(79)66(56(50-73)86-68)89-70-65(83)62(80)67(57(51-74)87-70)88-69-63(81)60(78)59(77)55(49-72)85-69/h5,7,10-11,13-14,16-17,19-20,22-23,25-26,28-29,31-32,34-35,37-38,45,47,53-57,59-70,72-75,77-83H,3-4,6,8-9,12,15,18,21,24,27,30,33,36,39-44,46,48-52H2,1-2H3,(H,71,76)/b7-5-,11-10-,14-13-,17-16-,20-19-,23-22-,26-25-,29-28-,32-31-,35-34-,38-37-,47-45+. The Morgan fingerprint density at radius 1 is 0.416 bits per heavy atom. The summed E-state index contributed by atoms with van der Waals surface area (Å²) in [4.78, 5) is 13.2. The van der Waals surface area contributed by atoms with Crippen molar-refractivity contribution in [2.24, 2.45) is 0 Å². The fourth-order valence-electron chi connectivity index (χ4n) is 9.84. The first kappa shape index (κ1) is 78.9. The lowest BCUT2D eigenvalue weighted by molar-refractivity contribution is -0.379. The first-order valence-corrected chi connectivity index (χ1v) is 32.6. The summed E-state index contributed by atoms with van der Waals surface area (Å²) in [6, 6.07) is -0.990. The van der Waals surface area contributed by atoms with Crippen molar-refractivity contribution in [1.29, 1.82) is 0 Å². The third-order valence-electron chi connectivity index (χ3n) is 15.1. The molecule has 0 aromatic rings. The van der Waals surface area contributed by atoms with Crippen molar-refractivity contribution in [2.75, 3.05) is 26.4 Å². The average molecular weight is 1250 g/mol. The topological polar surface area (TPSA) is 307 Å². The quantitative estimate of drug-likeness (QED) is 0.0206. The number of aliphatic hydroxyl groups is 11. The van der Waals surface area contributed by atoms with Gasteiger partial charge in [-0.25, -0.2) is 0 Å². The number of aliphatic hydroxyl groups excluding tert-OH is 11. The predicted octanol–water partition coefficient (Wildman–Crippen LogP) is 7.59. The number of hydrogen-bond acceptors (Lipinski definition) is 18. The molecule has 1 amide bonds. The van der Waals surface area contributed by atoms with Gasteiger partial charge in [0.05, 0.1) is 38.6 Å². The highest BCUT2D eigenvalue weighted by Crippen LogP contribution is 2.33. The smallest absolute Gasteiger partial charge is 0.220 e. The second-order valence-corrected chi connectivity index (χ2v) is 22.5. The molecule has 0 bridgehead atoms. The van der Waals surface area contributed by atoms with Gasteiger partial charge in [-0.05, 0) is 103 Å². The van der Waals surface area contributed by atoms with E-state index in [0.29, 0.717) is 12.8 Å². The van der Waals surface area contributed by atoms with Crippen LogP contribution in [0.25, 0.3) is 0 Å². The van der Waals surface area contributed by atoms with E-state index in [4.69, 9.17) is 28.4 Å². The minimum atomic E-state index is -1.98. The Kier molecular flexibility index (Phi) is 44.6. The van der Waals surface area contributed by atoms with Gasteiger partial charge in [-0.15, -0.1) is 0 Å². The van der Waals surface area contributed by atoms with Crippen molar-refractivity contribution in [2.45, 2.75) is 259 Å². The van der Waals surface area contributed by atoms with Gasteiger partial charge in [-0.2, -0.15) is 0 Å². The molecule has 0 saturated carbocycles. The van der Waals surface area contributed by atoms with E-state index in [1.165, 1.54) is 0 Å². The number of rotatable bonds is 46. The van der Waals surface area contributed by atoms with E-state index < -0.39 is 124 Å². The monoisotopic (exact) mass is 1250 g/mol. The largest absolute Gasteiger partial charge is 0.394 e. The molecule has 3 saturated heterocycles. The van der Waals surface area contributed by atoms with Crippen LogP contribution in [0.15, 0.2) is 146 Å². The normalized spacial score (nSPS) is 29.2. The van der Waals surface area contributed by atoms with Gasteiger partial charge >= 0.3 is 0 Å². The van der Waals surface area contributed by atoms with Crippen LogP contribution in [0, 0.1) is 0 Å². The fourth-order valence-corrected chi connectivity index (χ4v) is 9.84. The summed E-state index contributed by atoms with van der Waals surface area (Å²) in [6.07, 6.45) is 45.0. The summed E-state index contributed by atoms with van der Waals surface area (Å²) in [5, 5.41) is 119. The van der Waals surface area contributed by atoms with E-state index >= 15 is 0 Å². The molecule has 3 fully saturated rings. The summed E-state index contributed by atoms with van der Waals surface area (Å²) >= 11 is 0. The molecule has 0 aliphatic carbocycles. The van der Waals surface area contributed by atoms with Gasteiger partial charge in [0.15, 0.2) is 18.9 Å². The molecule has 0 spiro atoms. The summed E-state index contributed by atoms with van der Waals surface area (Å²) in [5.74, 6) is -0.310. The molecule has 0 aromatic heterocycles. The van der Waals surface area contributed by atoms with E-state index in [-0.39, 0.29) is 18.9 Å². The van der Waals surface area contributed by atoms with Crippen molar-refractivity contribution in [3.63, 3.8) is 0 Å². The third kappa shape index (κ3) is 32.7. The number of amides is 1. The Balaban J connectivity index is 1.30. The van der Waals surface area contributed by atoms with Crippen molar-refractivity contribution in [1.82, 2.24) is 5.32 Å². The number of nitrogens with one attached hydrogen (secondary N) is 1. The minimum Gasteiger partial charge on any atom is -0.394 e. The molecule has 17 unspecified atom stereocenters. The first-order valence-electron chi connectivity index (χ1n) is 32.6. The molecule has 0 radical (unpaired) electrons. The van der Waals surface area contributed by atoms with Gasteiger partial charge < -0.3 is 89.9 Å². The maximum absolute atomic E-state index is 13.2. The van der Waals surface area contributed by atoms with E-state index in [1.807, 2.05) is 6.08 Å². The molecule has 19 nitrogen and oxygen atoms in total. The molecule has 3 aliphatic rings. The molecule has 3 aliphatic heterocycles. The average Bonchev–Trinajstić information content (AvgIpc) is 2.72. The molecule has 89 heavy (non-hydrogen) atoms. The highest BCUT2D eigenvalue weighted by atomic mass is 16.8. The Bertz CT molecular complexity index is 2180. The molecule has 19 heteroatoms. The van der Waals surface area contributed by atoms with Gasteiger partial charge in [0, 0.05) is 6.42 Å². The van der Waals surface area contributed by atoms with E-state index in [9.17, 15) is 61.0 Å². The lowest BCUT2D eigenvalue weighted by Gasteiger charge is -2.48. The van der Waals surface area contributed by atoms with Crippen LogP contribution in [0.3, 0.4) is 0 Å². The van der Waals surface area contributed by atoms with Gasteiger partial charge in [-0.1, -0.05) is 192 Å². The maximum Gasteiger partial charge on any atom is 0.220 e. The summed E-state index contributed by atoms with van der Waals surface area (Å²) in [6.45, 7) is 1.42. The van der Waals surface area contributed by atoms with Gasteiger partial charge in [-0.3, -0.25) is 4.79 Å². The molecule has 0 aromatic carbocycles. The molecule has 3 rings (SSSR count). The molecule has 504 valence electrons. The van der Waals surface area contributed by atoms with Crippen LogP contribution in [0.5, 0.6) is 0 Å². The number of hydrogen-bond donors (Lipinski definition) is 12. The van der Waals surface area contributed by atoms with E-state index in [2.05, 4.69) is 153 Å². The second-order valence-electron chi connectivity index (χ2n) is 22.5. The number of unbranched alkanes of at least 4 members (excludes halogenated alkanes) is 8. The highest BCUT2D eigenvalue weighted by Gasteiger charge is 2.53. The lowest BCUT2D eigenvalue weighted by Crippen LogP contribution is -2.66. The van der Waals surface area contributed by atoms with Gasteiger partial charge in [0.2, 0.25) is 5.91 Å². The molecular weight excluding hydrogens is 1140 g/mol. The predicted molar refractivity (Wildman–Crippen MR) is 346 cm³/mol. The lowest BCUT2D eigenvalue weighted by atomic mass is 9.96. The zero-order valence-corrected chi connectivity index (χ0v) is 52.8. The maximum atomic E-state index is 13.2. The van der Waals surface area contributed by atoms with E-state index in [1.54, 1.807) is 6.08 Å². The Hall–Kier alpha value is -4.33. The first-order chi connectivity index (χ1) is 43.3. The van der Waals surface area contributed by atoms with Crippen LogP contribution in [0.2, 0.25) is 0 Å². The number of carbonyl (C=O) groups is 1. The fraction of sp³-hybridized carbons (Fsp3) is 0.643. The third-order valence-corrected chi connectivity index (χ3v) is 15.1. The molecule has 3 heterocycles. The van der Waals surface area contributed by atoms with Crippen LogP contribution in [0.1, 0.15) is 155 Å². The Morgan fingerprint density at radius 2 is 0.775 bits per heavy atom. The van der Waals surface area contributed by atoms with Crippen molar-refractivity contribution < 1.29 is 89.4 Å². The SMILES string of the molecule is CC/C=C\C/C=C\C/C=C\C/C=C\C/C=C\C/C=C\C/C=C\C/C=C\C/C=C\C/C=C\C/C=C\CCCCCCCC(=O)NC(COC1OC(CO)C(OC2OC(CO)C(OC3OC(CO)C(O)C(O)C3O)C(O)C2O)C(O)C1O)C(O)/C=C/CCCCC. The van der Waals surface area contributed by atoms with E-state index in [0.717, 1.165) is 122 Å². The molecule has 17 atom stereocenters. The van der Waals surface area contributed by atoms with Crippen LogP contribution < -0.4 is 5.32 Å². The summed E-state index contributed by atoms with van der Waals surface area (Å²) < 4.78 is 34.0. The van der Waals surface area contributed by atoms with Crippen LogP contribution in [0.4, 0.5) is 0 Å². The van der Waals surface area contributed by atoms with Gasteiger partial charge in [0.1, 0.15) is 73.2 Å². The Labute approximate surface area is 530 Å². The van der Waals surface area contributed by atoms with Crippen LogP contribution in [-0.2, 0) is 33.2 Å². The molecular formula is C70H111NO18. The Morgan fingerprint density at radius 3 is 1.21 bits per heavy atom. The molecule has 12 N–H and O–H groups in total. The minimum absolute atomic E-state index is 0.209. The van der Waals surface area contributed by atoms with Crippen LogP contribution >= 0.6 is 0 Å². The van der Waals surface area contributed by atoms with Gasteiger partial charge in [0.25, 0.3) is 0 Å². The van der Waals surface area contributed by atoms with Crippen molar-refractivity contribution in [3.8, 4) is 0 Å². The summed E-state index contributed by atoms with van der Waals surface area (Å²) in [7, 11) is 0. The highest BCUT2D eigenvalue weighted by molar-refractivity contribution is 5.76. The summed E-state index contributed by atoms with van der Waals surface area (Å²) in [5.41, 5.74) is 0. The zero-order chi connectivity index (χ0) is 64.7.